The molecule has 8 heteroatoms. The number of carbonyl (C=O) groups is 3. The Bertz CT molecular complexity index is 1320. The lowest BCUT2D eigenvalue weighted by Crippen LogP contribution is -2.53. The van der Waals surface area contributed by atoms with Crippen molar-refractivity contribution in [3.8, 4) is 0 Å². The zero-order valence-electron chi connectivity index (χ0n) is 19.2. The molecule has 35 heavy (non-hydrogen) atoms. The van der Waals surface area contributed by atoms with Crippen molar-refractivity contribution in [1.29, 1.82) is 0 Å². The minimum absolute atomic E-state index is 0.0736. The van der Waals surface area contributed by atoms with E-state index in [1.165, 1.54) is 0 Å². The molecule has 0 aliphatic heterocycles. The Morgan fingerprint density at radius 2 is 1.46 bits per heavy atom. The third-order valence-corrected chi connectivity index (χ3v) is 5.54. The molecule has 0 aliphatic rings. The summed E-state index contributed by atoms with van der Waals surface area (Å²) in [6.07, 6.45) is 1.19. The first-order valence-electron chi connectivity index (χ1n) is 11.2. The molecule has 8 nitrogen and oxygen atoms in total. The van der Waals surface area contributed by atoms with E-state index in [9.17, 15) is 14.4 Å². The van der Waals surface area contributed by atoms with Crippen molar-refractivity contribution in [2.24, 2.45) is 7.05 Å². The zero-order chi connectivity index (χ0) is 24.6. The third-order valence-electron chi connectivity index (χ3n) is 5.54. The number of fused-ring (bicyclic) bond motifs is 1. The number of ether oxygens (including phenoxy) is 1. The minimum Gasteiger partial charge on any atom is -0.445 e. The van der Waals surface area contributed by atoms with Gasteiger partial charge in [0, 0.05) is 30.6 Å². The number of nitrogens with zero attached hydrogens (tertiary/aromatic N) is 1. The van der Waals surface area contributed by atoms with Crippen molar-refractivity contribution in [2.75, 3.05) is 0 Å². The summed E-state index contributed by atoms with van der Waals surface area (Å²) in [4.78, 5) is 38.2. The molecule has 0 bridgehead atoms. The fourth-order valence-corrected chi connectivity index (χ4v) is 3.76. The van der Waals surface area contributed by atoms with Crippen molar-refractivity contribution >= 4 is 28.8 Å². The molecular formula is C27H26N4O4. The standard InChI is InChI=1S/C27H26N4O4/c1-31-17-22(21-14-8-9-15-24(21)31)25(32)29-30-26(33)23(16-19-10-4-2-5-11-19)28-27(34)35-18-20-12-6-3-7-13-20/h2-15,17,23H,16,18H2,1H3,(H,28,34)(H,29,32)(H,30,33). The van der Waals surface area contributed by atoms with Crippen LogP contribution in [0.2, 0.25) is 0 Å². The highest BCUT2D eigenvalue weighted by Crippen LogP contribution is 2.19. The molecule has 0 spiro atoms. The minimum atomic E-state index is -0.964. The third kappa shape index (κ3) is 6.05. The Morgan fingerprint density at radius 3 is 2.17 bits per heavy atom. The van der Waals surface area contributed by atoms with Crippen LogP contribution in [-0.2, 0) is 29.6 Å². The summed E-state index contributed by atoms with van der Waals surface area (Å²) in [7, 11) is 1.85. The van der Waals surface area contributed by atoms with Gasteiger partial charge in [-0.25, -0.2) is 4.79 Å². The molecule has 4 aromatic rings. The highest BCUT2D eigenvalue weighted by Gasteiger charge is 2.23. The SMILES string of the molecule is Cn1cc(C(=O)NNC(=O)C(Cc2ccccc2)NC(=O)OCc2ccccc2)c2ccccc21. The smallest absolute Gasteiger partial charge is 0.408 e. The van der Waals surface area contributed by atoms with Crippen LogP contribution in [0.25, 0.3) is 10.9 Å². The Balaban J connectivity index is 1.41. The van der Waals surface area contributed by atoms with Crippen molar-refractivity contribution < 1.29 is 19.1 Å². The highest BCUT2D eigenvalue weighted by molar-refractivity contribution is 6.07. The largest absolute Gasteiger partial charge is 0.445 e. The predicted octanol–water partition coefficient (Wildman–Crippen LogP) is 3.48. The topological polar surface area (TPSA) is 101 Å². The van der Waals surface area contributed by atoms with Gasteiger partial charge in [-0.15, -0.1) is 0 Å². The molecule has 3 N–H and O–H groups in total. The number of hydrazine groups is 1. The van der Waals surface area contributed by atoms with Gasteiger partial charge in [0.05, 0.1) is 5.56 Å². The maximum absolute atomic E-state index is 13.0. The van der Waals surface area contributed by atoms with Crippen LogP contribution in [0.4, 0.5) is 4.79 Å². The van der Waals surface area contributed by atoms with E-state index in [4.69, 9.17) is 4.74 Å². The number of benzene rings is 3. The van der Waals surface area contributed by atoms with Gasteiger partial charge in [-0.3, -0.25) is 20.4 Å². The molecule has 1 aromatic heterocycles. The first kappa shape index (κ1) is 23.6. The Morgan fingerprint density at radius 1 is 0.829 bits per heavy atom. The lowest BCUT2D eigenvalue weighted by molar-refractivity contribution is -0.123. The average Bonchev–Trinajstić information content (AvgIpc) is 3.23. The molecule has 0 saturated carbocycles. The van der Waals surface area contributed by atoms with Crippen LogP contribution >= 0.6 is 0 Å². The molecule has 4 rings (SSSR count). The monoisotopic (exact) mass is 470 g/mol. The molecule has 0 aliphatic carbocycles. The first-order chi connectivity index (χ1) is 17.0. The maximum Gasteiger partial charge on any atom is 0.408 e. The summed E-state index contributed by atoms with van der Waals surface area (Å²) in [5.74, 6) is -1.03. The van der Waals surface area contributed by atoms with Crippen LogP contribution in [-0.4, -0.2) is 28.5 Å². The number of hydrogen-bond acceptors (Lipinski definition) is 4. The molecule has 3 amide bonds. The summed E-state index contributed by atoms with van der Waals surface area (Å²) < 4.78 is 7.11. The van der Waals surface area contributed by atoms with Crippen molar-refractivity contribution in [1.82, 2.24) is 20.7 Å². The molecule has 178 valence electrons. The van der Waals surface area contributed by atoms with Crippen molar-refractivity contribution in [2.45, 2.75) is 19.1 Å². The van der Waals surface area contributed by atoms with Gasteiger partial charge in [-0.05, 0) is 17.2 Å². The zero-order valence-corrected chi connectivity index (χ0v) is 19.2. The number of amides is 3. The maximum atomic E-state index is 13.0. The lowest BCUT2D eigenvalue weighted by atomic mass is 10.1. The van der Waals surface area contributed by atoms with Crippen LogP contribution in [0.1, 0.15) is 21.5 Å². The van der Waals surface area contributed by atoms with Gasteiger partial charge < -0.3 is 14.6 Å². The summed E-state index contributed by atoms with van der Waals surface area (Å²) in [5.41, 5.74) is 7.89. The second kappa shape index (κ2) is 11.0. The van der Waals surface area contributed by atoms with E-state index in [-0.39, 0.29) is 13.0 Å². The van der Waals surface area contributed by atoms with E-state index in [0.717, 1.165) is 22.0 Å². The Labute approximate surface area is 202 Å². The Hall–Kier alpha value is -4.59. The van der Waals surface area contributed by atoms with Crippen LogP contribution in [0, 0.1) is 0 Å². The fourth-order valence-electron chi connectivity index (χ4n) is 3.76. The first-order valence-corrected chi connectivity index (χ1v) is 11.2. The van der Waals surface area contributed by atoms with Gasteiger partial charge in [0.2, 0.25) is 0 Å². The second-order valence-corrected chi connectivity index (χ2v) is 8.06. The van der Waals surface area contributed by atoms with E-state index in [1.54, 1.807) is 6.20 Å². The van der Waals surface area contributed by atoms with E-state index in [0.29, 0.717) is 5.56 Å². The molecular weight excluding hydrogens is 444 g/mol. The van der Waals surface area contributed by atoms with Crippen LogP contribution in [0.15, 0.2) is 91.1 Å². The van der Waals surface area contributed by atoms with Gasteiger partial charge in [0.15, 0.2) is 0 Å². The molecule has 0 radical (unpaired) electrons. The molecule has 1 heterocycles. The summed E-state index contributed by atoms with van der Waals surface area (Å²) in [5, 5.41) is 3.37. The van der Waals surface area contributed by atoms with Gasteiger partial charge in [0.1, 0.15) is 12.6 Å². The number of alkyl carbamates (subject to hydrolysis) is 1. The number of para-hydroxylation sites is 1. The molecule has 0 saturated heterocycles. The van der Waals surface area contributed by atoms with Gasteiger partial charge in [-0.2, -0.15) is 0 Å². The van der Waals surface area contributed by atoms with Crippen LogP contribution in [0.3, 0.4) is 0 Å². The Kier molecular flexibility index (Phi) is 7.42. The van der Waals surface area contributed by atoms with Crippen LogP contribution < -0.4 is 16.2 Å². The molecule has 1 unspecified atom stereocenters. The molecule has 1 atom stereocenters. The normalized spacial score (nSPS) is 11.5. The predicted molar refractivity (Wildman–Crippen MR) is 132 cm³/mol. The number of rotatable bonds is 7. The summed E-state index contributed by atoms with van der Waals surface area (Å²) >= 11 is 0. The number of carbonyl (C=O) groups excluding carboxylic acids is 3. The van der Waals surface area contributed by atoms with Gasteiger partial charge in [0.25, 0.3) is 11.8 Å². The summed E-state index contributed by atoms with van der Waals surface area (Å²) in [6, 6.07) is 25.0. The average molecular weight is 471 g/mol. The van der Waals surface area contributed by atoms with E-state index in [1.807, 2.05) is 96.5 Å². The number of hydrogen-bond donors (Lipinski definition) is 3. The van der Waals surface area contributed by atoms with E-state index in [2.05, 4.69) is 16.2 Å². The van der Waals surface area contributed by atoms with Crippen LogP contribution in [0.5, 0.6) is 0 Å². The van der Waals surface area contributed by atoms with Crippen molar-refractivity contribution in [3.05, 3.63) is 108 Å². The van der Waals surface area contributed by atoms with Crippen molar-refractivity contribution in [3.63, 3.8) is 0 Å². The molecule has 3 aromatic carbocycles. The second-order valence-electron chi connectivity index (χ2n) is 8.06. The fraction of sp³-hybridized carbons (Fsp3) is 0.148. The van der Waals surface area contributed by atoms with Gasteiger partial charge >= 0.3 is 6.09 Å². The lowest BCUT2D eigenvalue weighted by Gasteiger charge is -2.19. The number of aromatic nitrogens is 1. The number of nitrogens with one attached hydrogen (secondary N) is 3. The number of aryl methyl sites for hydroxylation is 1. The highest BCUT2D eigenvalue weighted by atomic mass is 16.5. The quantitative estimate of drug-likeness (QED) is 0.360. The molecule has 0 fully saturated rings. The van der Waals surface area contributed by atoms with E-state index >= 15 is 0 Å². The van der Waals surface area contributed by atoms with Gasteiger partial charge in [-0.1, -0.05) is 78.9 Å². The van der Waals surface area contributed by atoms with E-state index < -0.39 is 23.9 Å². The summed E-state index contributed by atoms with van der Waals surface area (Å²) in [6.45, 7) is 0.0736.